The quantitative estimate of drug-likeness (QED) is 0.788. The van der Waals surface area contributed by atoms with Crippen molar-refractivity contribution in [1.82, 2.24) is 9.88 Å². The maximum atomic E-state index is 12.7. The molecule has 2 fully saturated rings. The molecule has 5 heteroatoms. The smallest absolute Gasteiger partial charge is 0.312 e. The predicted octanol–water partition coefficient (Wildman–Crippen LogP) is 2.73. The highest BCUT2D eigenvalue weighted by atomic mass is 16.5. The molecule has 0 N–H and O–H groups in total. The number of aromatic nitrogens is 1. The molecule has 0 bridgehead atoms. The number of esters is 1. The number of ether oxygens (including phenoxy) is 1. The standard InChI is InChI=1S/C20H20N2O3/c23-18-12-15(13-22(18)16-9-10-16)20(24)25-19(14-6-2-1-3-7-14)17-8-4-5-11-21-17/h1-8,11,15-16,19H,9-10,12-13H2. The van der Waals surface area contributed by atoms with Gasteiger partial charge >= 0.3 is 5.97 Å². The van der Waals surface area contributed by atoms with E-state index in [0.29, 0.717) is 18.3 Å². The summed E-state index contributed by atoms with van der Waals surface area (Å²) < 4.78 is 5.82. The number of hydrogen-bond donors (Lipinski definition) is 0. The lowest BCUT2D eigenvalue weighted by molar-refractivity contribution is -0.152. The summed E-state index contributed by atoms with van der Waals surface area (Å²) in [6.45, 7) is 0.478. The van der Waals surface area contributed by atoms with Crippen LogP contribution in [0.1, 0.15) is 36.6 Å². The fraction of sp³-hybridized carbons (Fsp3) is 0.350. The largest absolute Gasteiger partial charge is 0.451 e. The molecule has 1 saturated carbocycles. The first-order valence-electron chi connectivity index (χ1n) is 8.68. The van der Waals surface area contributed by atoms with Crippen molar-refractivity contribution in [2.75, 3.05) is 6.54 Å². The molecule has 0 spiro atoms. The van der Waals surface area contributed by atoms with Crippen LogP contribution in [0.4, 0.5) is 0 Å². The Labute approximate surface area is 146 Å². The zero-order chi connectivity index (χ0) is 17.2. The molecule has 128 valence electrons. The molecule has 1 aliphatic heterocycles. The Kier molecular flexibility index (Phi) is 4.22. The van der Waals surface area contributed by atoms with Gasteiger partial charge in [-0.3, -0.25) is 14.6 Å². The van der Waals surface area contributed by atoms with Crippen LogP contribution in [0.2, 0.25) is 0 Å². The molecule has 25 heavy (non-hydrogen) atoms. The van der Waals surface area contributed by atoms with Crippen molar-refractivity contribution in [3.05, 3.63) is 66.0 Å². The van der Waals surface area contributed by atoms with Crippen LogP contribution in [0, 0.1) is 5.92 Å². The van der Waals surface area contributed by atoms with Crippen molar-refractivity contribution >= 4 is 11.9 Å². The summed E-state index contributed by atoms with van der Waals surface area (Å²) in [5.74, 6) is -0.641. The van der Waals surface area contributed by atoms with E-state index in [1.807, 2.05) is 53.4 Å². The van der Waals surface area contributed by atoms with Gasteiger partial charge in [-0.15, -0.1) is 0 Å². The van der Waals surface area contributed by atoms with Crippen molar-refractivity contribution in [3.63, 3.8) is 0 Å². The van der Waals surface area contributed by atoms with Crippen LogP contribution in [0.25, 0.3) is 0 Å². The third kappa shape index (κ3) is 3.40. The number of carbonyl (C=O) groups excluding carboxylic acids is 2. The predicted molar refractivity (Wildman–Crippen MR) is 91.5 cm³/mol. The number of pyridine rings is 1. The van der Waals surface area contributed by atoms with Gasteiger partial charge in [0.15, 0.2) is 6.10 Å². The van der Waals surface area contributed by atoms with Crippen LogP contribution >= 0.6 is 0 Å². The number of hydrogen-bond acceptors (Lipinski definition) is 4. The van der Waals surface area contributed by atoms with Gasteiger partial charge in [-0.1, -0.05) is 36.4 Å². The summed E-state index contributed by atoms with van der Waals surface area (Å²) in [7, 11) is 0. The van der Waals surface area contributed by atoms with E-state index in [2.05, 4.69) is 4.98 Å². The molecule has 2 atom stereocenters. The van der Waals surface area contributed by atoms with E-state index >= 15 is 0 Å². The fourth-order valence-corrected chi connectivity index (χ4v) is 3.30. The van der Waals surface area contributed by atoms with Gasteiger partial charge in [0, 0.05) is 25.2 Å². The lowest BCUT2D eigenvalue weighted by atomic mass is 10.0. The Balaban J connectivity index is 1.53. The molecule has 2 heterocycles. The van der Waals surface area contributed by atoms with Crippen LogP contribution < -0.4 is 0 Å². The van der Waals surface area contributed by atoms with Gasteiger partial charge in [-0.25, -0.2) is 0 Å². The minimum Gasteiger partial charge on any atom is -0.451 e. The first kappa shape index (κ1) is 15.8. The number of rotatable bonds is 5. The SMILES string of the molecule is O=C(OC(c1ccccc1)c1ccccn1)C1CC(=O)N(C2CC2)C1. The Bertz CT molecular complexity index is 720. The van der Waals surface area contributed by atoms with E-state index in [1.54, 1.807) is 6.20 Å². The summed E-state index contributed by atoms with van der Waals surface area (Å²) in [5, 5.41) is 0. The average molecular weight is 336 g/mol. The third-order valence-corrected chi connectivity index (χ3v) is 4.77. The minimum absolute atomic E-state index is 0.0681. The first-order valence-corrected chi connectivity index (χ1v) is 8.68. The molecular weight excluding hydrogens is 316 g/mol. The highest BCUT2D eigenvalue weighted by Crippen LogP contribution is 2.34. The molecule has 1 amide bonds. The fourth-order valence-electron chi connectivity index (χ4n) is 3.30. The Morgan fingerprint density at radius 2 is 1.88 bits per heavy atom. The molecule has 1 aliphatic carbocycles. The molecule has 1 saturated heterocycles. The van der Waals surface area contributed by atoms with E-state index < -0.39 is 6.10 Å². The molecular formula is C20H20N2O3. The van der Waals surface area contributed by atoms with Gasteiger partial charge in [0.2, 0.25) is 5.91 Å². The molecule has 2 aliphatic rings. The van der Waals surface area contributed by atoms with E-state index in [-0.39, 0.29) is 24.2 Å². The third-order valence-electron chi connectivity index (χ3n) is 4.77. The monoisotopic (exact) mass is 336 g/mol. The zero-order valence-electron chi connectivity index (χ0n) is 13.9. The maximum Gasteiger partial charge on any atom is 0.312 e. The van der Waals surface area contributed by atoms with Crippen molar-refractivity contribution in [1.29, 1.82) is 0 Å². The van der Waals surface area contributed by atoms with Gasteiger partial charge < -0.3 is 9.64 Å². The van der Waals surface area contributed by atoms with Crippen molar-refractivity contribution in [3.8, 4) is 0 Å². The van der Waals surface area contributed by atoms with E-state index in [4.69, 9.17) is 4.74 Å². The second-order valence-electron chi connectivity index (χ2n) is 6.66. The van der Waals surface area contributed by atoms with Gasteiger partial charge in [0.05, 0.1) is 11.6 Å². The Hall–Kier alpha value is -2.69. The van der Waals surface area contributed by atoms with Crippen molar-refractivity contribution in [2.45, 2.75) is 31.4 Å². The number of benzene rings is 1. The van der Waals surface area contributed by atoms with E-state index in [1.165, 1.54) is 0 Å². The normalized spacial score (nSPS) is 21.2. The molecule has 2 aromatic rings. The van der Waals surface area contributed by atoms with Crippen LogP contribution in [0.15, 0.2) is 54.7 Å². The average Bonchev–Trinajstić information content (AvgIpc) is 3.42. The van der Waals surface area contributed by atoms with Crippen molar-refractivity contribution in [2.24, 2.45) is 5.92 Å². The number of nitrogens with zero attached hydrogens (tertiary/aromatic N) is 2. The van der Waals surface area contributed by atoms with Crippen molar-refractivity contribution < 1.29 is 14.3 Å². The van der Waals surface area contributed by atoms with Gasteiger partial charge in [-0.05, 0) is 30.5 Å². The topological polar surface area (TPSA) is 59.5 Å². The van der Waals surface area contributed by atoms with E-state index in [0.717, 1.165) is 18.4 Å². The highest BCUT2D eigenvalue weighted by molar-refractivity contribution is 5.87. The summed E-state index contributed by atoms with van der Waals surface area (Å²) in [6.07, 6.45) is 3.48. The Morgan fingerprint density at radius 1 is 1.12 bits per heavy atom. The molecule has 5 nitrogen and oxygen atoms in total. The minimum atomic E-state index is -0.556. The molecule has 1 aromatic heterocycles. The summed E-state index contributed by atoms with van der Waals surface area (Å²) in [5.41, 5.74) is 1.56. The number of carbonyl (C=O) groups is 2. The second kappa shape index (κ2) is 6.67. The van der Waals surface area contributed by atoms with E-state index in [9.17, 15) is 9.59 Å². The second-order valence-corrected chi connectivity index (χ2v) is 6.66. The number of amides is 1. The zero-order valence-corrected chi connectivity index (χ0v) is 13.9. The van der Waals surface area contributed by atoms with Crippen LogP contribution in [-0.4, -0.2) is 34.3 Å². The lowest BCUT2D eigenvalue weighted by Gasteiger charge is -2.20. The number of likely N-dealkylation sites (tertiary alicyclic amines) is 1. The molecule has 4 rings (SSSR count). The van der Waals surface area contributed by atoms with Crippen LogP contribution in [0.3, 0.4) is 0 Å². The summed E-state index contributed by atoms with van der Waals surface area (Å²) in [6, 6.07) is 15.5. The summed E-state index contributed by atoms with van der Waals surface area (Å²) in [4.78, 5) is 31.0. The van der Waals surface area contributed by atoms with Gasteiger partial charge in [0.25, 0.3) is 0 Å². The Morgan fingerprint density at radius 3 is 2.56 bits per heavy atom. The highest BCUT2D eigenvalue weighted by Gasteiger charge is 2.43. The molecule has 2 unspecified atom stereocenters. The lowest BCUT2D eigenvalue weighted by Crippen LogP contribution is -2.29. The maximum absolute atomic E-state index is 12.7. The van der Waals surface area contributed by atoms with Gasteiger partial charge in [0.1, 0.15) is 0 Å². The van der Waals surface area contributed by atoms with Crippen LogP contribution in [0.5, 0.6) is 0 Å². The molecule has 1 aromatic carbocycles. The van der Waals surface area contributed by atoms with Gasteiger partial charge in [-0.2, -0.15) is 0 Å². The molecule has 0 radical (unpaired) electrons. The van der Waals surface area contributed by atoms with Crippen LogP contribution in [-0.2, 0) is 14.3 Å². The summed E-state index contributed by atoms with van der Waals surface area (Å²) >= 11 is 0. The first-order chi connectivity index (χ1) is 12.2.